The highest BCUT2D eigenvalue weighted by Gasteiger charge is 2.32. The molecule has 8 heteroatoms. The molecule has 132 valence electrons. The Bertz CT molecular complexity index is 714. The summed E-state index contributed by atoms with van der Waals surface area (Å²) in [6.07, 6.45) is 1.80. The summed E-state index contributed by atoms with van der Waals surface area (Å²) in [5.41, 5.74) is 0.884. The van der Waals surface area contributed by atoms with Gasteiger partial charge in [-0.05, 0) is 18.1 Å². The average Bonchev–Trinajstić information content (AvgIpc) is 3.35. The molecule has 2 fully saturated rings. The number of likely N-dealkylation sites (tertiary alicyclic amines) is 1. The van der Waals surface area contributed by atoms with E-state index >= 15 is 0 Å². The first-order valence-corrected chi connectivity index (χ1v) is 8.64. The molecule has 4 rings (SSSR count). The van der Waals surface area contributed by atoms with Crippen LogP contribution in [0.1, 0.15) is 12.8 Å². The maximum absolute atomic E-state index is 12.6. The van der Waals surface area contributed by atoms with Gasteiger partial charge < -0.3 is 14.4 Å². The van der Waals surface area contributed by atoms with Crippen molar-refractivity contribution in [1.29, 1.82) is 0 Å². The normalized spacial score (nSPS) is 21.6. The van der Waals surface area contributed by atoms with Crippen molar-refractivity contribution in [2.45, 2.75) is 25.7 Å². The summed E-state index contributed by atoms with van der Waals surface area (Å²) >= 11 is 0. The lowest BCUT2D eigenvalue weighted by Crippen LogP contribution is -2.45. The van der Waals surface area contributed by atoms with E-state index in [2.05, 4.69) is 15.4 Å². The number of carbonyl (C=O) groups excluding carboxylic acids is 1. The number of benzene rings is 1. The predicted molar refractivity (Wildman–Crippen MR) is 88.2 cm³/mol. The van der Waals surface area contributed by atoms with Gasteiger partial charge in [-0.3, -0.25) is 4.79 Å². The Hall–Kier alpha value is -2.32. The van der Waals surface area contributed by atoms with Gasteiger partial charge in [-0.15, -0.1) is 10.2 Å². The maximum Gasteiger partial charge on any atom is 0.246 e. The number of piperidine rings is 1. The highest BCUT2D eigenvalue weighted by Crippen LogP contribution is 2.25. The zero-order chi connectivity index (χ0) is 17.1. The lowest BCUT2D eigenvalue weighted by atomic mass is 9.97. The molecule has 0 saturated carbocycles. The Morgan fingerprint density at radius 1 is 1.20 bits per heavy atom. The lowest BCUT2D eigenvalue weighted by molar-refractivity contribution is -0.140. The first kappa shape index (κ1) is 16.2. The quantitative estimate of drug-likeness (QED) is 0.822. The van der Waals surface area contributed by atoms with Crippen molar-refractivity contribution in [2.24, 2.45) is 5.92 Å². The highest BCUT2D eigenvalue weighted by atomic mass is 16.7. The molecule has 1 aromatic heterocycles. The van der Waals surface area contributed by atoms with E-state index in [0.29, 0.717) is 25.6 Å². The SMILES string of the molecule is O=C(Cn1nnc(-c2ccccc2)n1)N1CCC[C@H](C2OCCO2)C1. The molecule has 2 saturated heterocycles. The standard InChI is InChI=1S/C17H21N5O3/c23-15(21-8-4-7-14(11-21)17-24-9-10-25-17)12-22-19-16(18-20-22)13-5-2-1-3-6-13/h1-3,5-6,14,17H,4,7-12H2/t14-/m0/s1. The summed E-state index contributed by atoms with van der Waals surface area (Å²) in [7, 11) is 0. The van der Waals surface area contributed by atoms with E-state index in [1.54, 1.807) is 0 Å². The van der Waals surface area contributed by atoms with Gasteiger partial charge in [0.2, 0.25) is 11.7 Å². The van der Waals surface area contributed by atoms with Gasteiger partial charge in [0.25, 0.3) is 0 Å². The zero-order valence-electron chi connectivity index (χ0n) is 14.0. The summed E-state index contributed by atoms with van der Waals surface area (Å²) in [6.45, 7) is 2.78. The molecule has 1 amide bonds. The van der Waals surface area contributed by atoms with Crippen LogP contribution in [0.25, 0.3) is 11.4 Å². The molecule has 1 atom stereocenters. The van der Waals surface area contributed by atoms with Gasteiger partial charge in [-0.25, -0.2) is 0 Å². The summed E-state index contributed by atoms with van der Waals surface area (Å²) in [4.78, 5) is 15.8. The van der Waals surface area contributed by atoms with E-state index in [4.69, 9.17) is 9.47 Å². The Morgan fingerprint density at radius 3 is 2.80 bits per heavy atom. The fourth-order valence-electron chi connectivity index (χ4n) is 3.34. The molecule has 25 heavy (non-hydrogen) atoms. The van der Waals surface area contributed by atoms with E-state index in [9.17, 15) is 4.79 Å². The van der Waals surface area contributed by atoms with Crippen molar-refractivity contribution in [3.05, 3.63) is 30.3 Å². The molecule has 0 N–H and O–H groups in total. The van der Waals surface area contributed by atoms with Gasteiger partial charge in [0, 0.05) is 24.6 Å². The third-order valence-corrected chi connectivity index (χ3v) is 4.60. The second-order valence-corrected chi connectivity index (χ2v) is 6.36. The van der Waals surface area contributed by atoms with Crippen LogP contribution in [-0.4, -0.2) is 63.6 Å². The number of aromatic nitrogens is 4. The van der Waals surface area contributed by atoms with E-state index in [0.717, 1.165) is 24.9 Å². The van der Waals surface area contributed by atoms with Crippen LogP contribution in [0.15, 0.2) is 30.3 Å². The molecule has 2 aliphatic heterocycles. The van der Waals surface area contributed by atoms with Gasteiger partial charge in [0.05, 0.1) is 13.2 Å². The first-order chi connectivity index (χ1) is 12.3. The van der Waals surface area contributed by atoms with Gasteiger partial charge in [-0.1, -0.05) is 30.3 Å². The minimum Gasteiger partial charge on any atom is -0.350 e. The van der Waals surface area contributed by atoms with Crippen LogP contribution in [0.2, 0.25) is 0 Å². The molecule has 3 heterocycles. The maximum atomic E-state index is 12.6. The average molecular weight is 343 g/mol. The van der Waals surface area contributed by atoms with E-state index in [1.807, 2.05) is 35.2 Å². The molecule has 0 bridgehead atoms. The largest absolute Gasteiger partial charge is 0.350 e. The fraction of sp³-hybridized carbons (Fsp3) is 0.529. The minimum atomic E-state index is -0.176. The molecule has 2 aliphatic rings. The topological polar surface area (TPSA) is 82.4 Å². The highest BCUT2D eigenvalue weighted by molar-refractivity contribution is 5.75. The lowest BCUT2D eigenvalue weighted by Gasteiger charge is -2.34. The van der Waals surface area contributed by atoms with Crippen molar-refractivity contribution in [3.63, 3.8) is 0 Å². The number of hydrogen-bond donors (Lipinski definition) is 0. The van der Waals surface area contributed by atoms with Crippen LogP contribution in [-0.2, 0) is 20.8 Å². The number of rotatable bonds is 4. The summed E-state index contributed by atoms with van der Waals surface area (Å²) < 4.78 is 11.2. The van der Waals surface area contributed by atoms with Crippen LogP contribution >= 0.6 is 0 Å². The number of amides is 1. The second-order valence-electron chi connectivity index (χ2n) is 6.36. The molecule has 0 unspecified atom stereocenters. The van der Waals surface area contributed by atoms with Crippen molar-refractivity contribution in [1.82, 2.24) is 25.1 Å². The minimum absolute atomic E-state index is 0.000270. The first-order valence-electron chi connectivity index (χ1n) is 8.64. The van der Waals surface area contributed by atoms with Crippen molar-refractivity contribution in [3.8, 4) is 11.4 Å². The van der Waals surface area contributed by atoms with Gasteiger partial charge in [0.15, 0.2) is 6.29 Å². The smallest absolute Gasteiger partial charge is 0.246 e. The summed E-state index contributed by atoms with van der Waals surface area (Å²) in [6, 6.07) is 9.60. The van der Waals surface area contributed by atoms with Crippen LogP contribution in [0.3, 0.4) is 0 Å². The zero-order valence-corrected chi connectivity index (χ0v) is 14.0. The molecule has 8 nitrogen and oxygen atoms in total. The van der Waals surface area contributed by atoms with Crippen LogP contribution < -0.4 is 0 Å². The molecule has 1 aromatic carbocycles. The number of carbonyl (C=O) groups is 1. The third-order valence-electron chi connectivity index (χ3n) is 4.60. The van der Waals surface area contributed by atoms with Gasteiger partial charge in [-0.2, -0.15) is 4.80 Å². The van der Waals surface area contributed by atoms with E-state index in [1.165, 1.54) is 4.80 Å². The molecular weight excluding hydrogens is 322 g/mol. The van der Waals surface area contributed by atoms with E-state index in [-0.39, 0.29) is 24.7 Å². The Morgan fingerprint density at radius 2 is 2.00 bits per heavy atom. The second kappa shape index (κ2) is 7.28. The van der Waals surface area contributed by atoms with Crippen LogP contribution in [0, 0.1) is 5.92 Å². The third kappa shape index (κ3) is 3.69. The monoisotopic (exact) mass is 343 g/mol. The molecule has 0 spiro atoms. The molecular formula is C17H21N5O3. The Kier molecular flexibility index (Phi) is 4.71. The number of nitrogens with zero attached hydrogens (tertiary/aromatic N) is 5. The Labute approximate surface area is 145 Å². The summed E-state index contributed by atoms with van der Waals surface area (Å²) in [5.74, 6) is 0.765. The molecule has 2 aromatic rings. The number of hydrogen-bond acceptors (Lipinski definition) is 6. The number of tetrazole rings is 1. The van der Waals surface area contributed by atoms with Crippen LogP contribution in [0.5, 0.6) is 0 Å². The van der Waals surface area contributed by atoms with Crippen molar-refractivity contribution >= 4 is 5.91 Å². The van der Waals surface area contributed by atoms with E-state index < -0.39 is 0 Å². The predicted octanol–water partition coefficient (Wildman–Crippen LogP) is 0.952. The molecule has 0 radical (unpaired) electrons. The Balaban J connectivity index is 1.37. The molecule has 0 aliphatic carbocycles. The fourth-order valence-corrected chi connectivity index (χ4v) is 3.34. The van der Waals surface area contributed by atoms with Crippen molar-refractivity contribution < 1.29 is 14.3 Å². The van der Waals surface area contributed by atoms with Gasteiger partial charge in [0.1, 0.15) is 6.54 Å². The van der Waals surface area contributed by atoms with Crippen LogP contribution in [0.4, 0.5) is 0 Å². The van der Waals surface area contributed by atoms with Crippen molar-refractivity contribution in [2.75, 3.05) is 26.3 Å². The van der Waals surface area contributed by atoms with Gasteiger partial charge >= 0.3 is 0 Å². The summed E-state index contributed by atoms with van der Waals surface area (Å²) in [5, 5.41) is 12.3. The number of ether oxygens (including phenoxy) is 2.